The third-order valence-corrected chi connectivity index (χ3v) is 4.97. The minimum absolute atomic E-state index is 0.0641. The Morgan fingerprint density at radius 3 is 2.56 bits per heavy atom. The average molecular weight is 364 g/mol. The van der Waals surface area contributed by atoms with E-state index in [1.165, 1.54) is 17.7 Å². The smallest absolute Gasteiger partial charge is 0.145 e. The Kier molecular flexibility index (Phi) is 6.29. The molecule has 25 heavy (non-hydrogen) atoms. The van der Waals surface area contributed by atoms with Crippen molar-refractivity contribution in [3.63, 3.8) is 0 Å². The average Bonchev–Trinajstić information content (AvgIpc) is 2.64. The summed E-state index contributed by atoms with van der Waals surface area (Å²) in [6.45, 7) is 2.63. The fourth-order valence-corrected chi connectivity index (χ4v) is 3.40. The van der Waals surface area contributed by atoms with Gasteiger partial charge in [0.05, 0.1) is 5.02 Å². The first kappa shape index (κ1) is 18.2. The molecular weight excluding hydrogens is 341 g/mol. The summed E-state index contributed by atoms with van der Waals surface area (Å²) in [4.78, 5) is 2.26. The van der Waals surface area contributed by atoms with Gasteiger partial charge < -0.3 is 14.7 Å². The molecule has 1 saturated heterocycles. The Balaban J connectivity index is 1.41. The van der Waals surface area contributed by atoms with Crippen molar-refractivity contribution in [2.45, 2.75) is 24.9 Å². The van der Waals surface area contributed by atoms with Gasteiger partial charge in [0.25, 0.3) is 0 Å². The van der Waals surface area contributed by atoms with Crippen molar-refractivity contribution in [3.8, 4) is 5.75 Å². The van der Waals surface area contributed by atoms with Crippen molar-refractivity contribution in [2.75, 3.05) is 26.2 Å². The normalized spacial score (nSPS) is 17.4. The van der Waals surface area contributed by atoms with Crippen LogP contribution in [0.2, 0.25) is 5.02 Å². The van der Waals surface area contributed by atoms with Gasteiger partial charge in [-0.3, -0.25) is 0 Å². The standard InChI is InChI=1S/C20H23ClFNO2/c21-19-7-6-18(12-20(19)22)25-14-17(24)13-23-10-8-16(9-11-23)15-4-2-1-3-5-15/h1-7,12,16-17,24H,8-11,13-14H2/t17-/m1/s1. The molecule has 0 bridgehead atoms. The highest BCUT2D eigenvalue weighted by Gasteiger charge is 2.22. The molecule has 1 aliphatic heterocycles. The third kappa shape index (κ3) is 5.18. The van der Waals surface area contributed by atoms with E-state index in [4.69, 9.17) is 16.3 Å². The van der Waals surface area contributed by atoms with Gasteiger partial charge in [0, 0.05) is 12.6 Å². The van der Waals surface area contributed by atoms with Gasteiger partial charge >= 0.3 is 0 Å². The topological polar surface area (TPSA) is 32.7 Å². The second kappa shape index (κ2) is 8.65. The number of aliphatic hydroxyl groups is 1. The Bertz CT molecular complexity index is 675. The lowest BCUT2D eigenvalue weighted by molar-refractivity contribution is 0.0593. The summed E-state index contributed by atoms with van der Waals surface area (Å²) in [5.41, 5.74) is 1.40. The molecule has 0 aliphatic carbocycles. The number of ether oxygens (including phenoxy) is 1. The maximum Gasteiger partial charge on any atom is 0.145 e. The lowest BCUT2D eigenvalue weighted by atomic mass is 9.89. The van der Waals surface area contributed by atoms with Crippen LogP contribution in [0, 0.1) is 5.82 Å². The molecule has 2 aromatic carbocycles. The van der Waals surface area contributed by atoms with E-state index in [0.29, 0.717) is 18.2 Å². The van der Waals surface area contributed by atoms with Crippen LogP contribution >= 0.6 is 11.6 Å². The van der Waals surface area contributed by atoms with E-state index in [1.807, 2.05) is 6.07 Å². The van der Waals surface area contributed by atoms with E-state index in [2.05, 4.69) is 29.2 Å². The van der Waals surface area contributed by atoms with Gasteiger partial charge in [0.15, 0.2) is 0 Å². The molecule has 1 N–H and O–H groups in total. The lowest BCUT2D eigenvalue weighted by Crippen LogP contribution is -2.40. The summed E-state index contributed by atoms with van der Waals surface area (Å²) in [7, 11) is 0. The van der Waals surface area contributed by atoms with Crippen molar-refractivity contribution in [2.24, 2.45) is 0 Å². The van der Waals surface area contributed by atoms with Gasteiger partial charge in [-0.2, -0.15) is 0 Å². The zero-order valence-corrected chi connectivity index (χ0v) is 14.8. The molecule has 0 radical (unpaired) electrons. The Labute approximate surface area is 153 Å². The molecule has 5 heteroatoms. The van der Waals surface area contributed by atoms with Crippen LogP contribution in [0.15, 0.2) is 48.5 Å². The first-order chi connectivity index (χ1) is 12.1. The maximum atomic E-state index is 13.4. The molecule has 1 aliphatic rings. The van der Waals surface area contributed by atoms with Crippen molar-refractivity contribution in [1.82, 2.24) is 4.90 Å². The quantitative estimate of drug-likeness (QED) is 0.838. The first-order valence-electron chi connectivity index (χ1n) is 8.65. The van der Waals surface area contributed by atoms with Gasteiger partial charge in [-0.05, 0) is 49.5 Å². The van der Waals surface area contributed by atoms with E-state index < -0.39 is 11.9 Å². The number of halogens is 2. The summed E-state index contributed by atoms with van der Waals surface area (Å²) >= 11 is 5.64. The zero-order valence-electron chi connectivity index (χ0n) is 14.1. The minimum Gasteiger partial charge on any atom is -0.491 e. The van der Waals surface area contributed by atoms with E-state index >= 15 is 0 Å². The predicted molar refractivity (Wildman–Crippen MR) is 97.8 cm³/mol. The van der Waals surface area contributed by atoms with Crippen molar-refractivity contribution >= 4 is 11.6 Å². The van der Waals surface area contributed by atoms with E-state index in [0.717, 1.165) is 25.9 Å². The number of benzene rings is 2. The molecular formula is C20H23ClFNO2. The number of aliphatic hydroxyl groups excluding tert-OH is 1. The van der Waals surface area contributed by atoms with Crippen LogP contribution in [0.25, 0.3) is 0 Å². The van der Waals surface area contributed by atoms with E-state index in [-0.39, 0.29) is 11.6 Å². The summed E-state index contributed by atoms with van der Waals surface area (Å²) in [6, 6.07) is 14.9. The number of rotatable bonds is 6. The Hall–Kier alpha value is -1.62. The molecule has 0 unspecified atom stereocenters. The molecule has 3 nitrogen and oxygen atoms in total. The Morgan fingerprint density at radius 2 is 1.88 bits per heavy atom. The molecule has 0 amide bonds. The van der Waals surface area contributed by atoms with Crippen LogP contribution in [0.3, 0.4) is 0 Å². The lowest BCUT2D eigenvalue weighted by Gasteiger charge is -2.33. The molecule has 2 aromatic rings. The summed E-state index contributed by atoms with van der Waals surface area (Å²) in [5.74, 6) is 0.461. The maximum absolute atomic E-state index is 13.4. The summed E-state index contributed by atoms with van der Waals surface area (Å²) < 4.78 is 18.8. The largest absolute Gasteiger partial charge is 0.491 e. The van der Waals surface area contributed by atoms with Crippen molar-refractivity contribution in [3.05, 3.63) is 64.9 Å². The van der Waals surface area contributed by atoms with Crippen LogP contribution in [0.5, 0.6) is 5.75 Å². The molecule has 3 rings (SSSR count). The second-order valence-electron chi connectivity index (χ2n) is 6.53. The highest BCUT2D eigenvalue weighted by molar-refractivity contribution is 6.30. The first-order valence-corrected chi connectivity index (χ1v) is 9.03. The van der Waals surface area contributed by atoms with Gasteiger partial charge in [-0.25, -0.2) is 4.39 Å². The SMILES string of the molecule is O[C@@H](COc1ccc(Cl)c(F)c1)CN1CCC(c2ccccc2)CC1. The molecule has 134 valence electrons. The van der Waals surface area contributed by atoms with Gasteiger partial charge in [-0.1, -0.05) is 41.9 Å². The predicted octanol–water partition coefficient (Wildman–Crippen LogP) is 4.10. The Morgan fingerprint density at radius 1 is 1.16 bits per heavy atom. The number of likely N-dealkylation sites (tertiary alicyclic amines) is 1. The summed E-state index contributed by atoms with van der Waals surface area (Å²) in [6.07, 6.45) is 1.59. The fraction of sp³-hybridized carbons (Fsp3) is 0.400. The van der Waals surface area contributed by atoms with Gasteiger partial charge in [0.2, 0.25) is 0 Å². The molecule has 1 fully saturated rings. The molecule has 0 aromatic heterocycles. The van der Waals surface area contributed by atoms with Crippen molar-refractivity contribution < 1.29 is 14.2 Å². The molecule has 0 spiro atoms. The number of nitrogens with zero attached hydrogens (tertiary/aromatic N) is 1. The highest BCUT2D eigenvalue weighted by atomic mass is 35.5. The number of piperidine rings is 1. The highest BCUT2D eigenvalue weighted by Crippen LogP contribution is 2.27. The van der Waals surface area contributed by atoms with Crippen LogP contribution in [0.1, 0.15) is 24.3 Å². The number of hydrogen-bond acceptors (Lipinski definition) is 3. The number of hydrogen-bond donors (Lipinski definition) is 1. The van der Waals surface area contributed by atoms with E-state index in [9.17, 15) is 9.50 Å². The minimum atomic E-state index is -0.605. The van der Waals surface area contributed by atoms with Crippen LogP contribution in [-0.2, 0) is 0 Å². The molecule has 1 atom stereocenters. The molecule has 0 saturated carbocycles. The third-order valence-electron chi connectivity index (χ3n) is 4.66. The summed E-state index contributed by atoms with van der Waals surface area (Å²) in [5, 5.41) is 10.2. The fourth-order valence-electron chi connectivity index (χ4n) is 3.28. The van der Waals surface area contributed by atoms with Crippen molar-refractivity contribution in [1.29, 1.82) is 0 Å². The van der Waals surface area contributed by atoms with Gasteiger partial charge in [0.1, 0.15) is 24.3 Å². The van der Waals surface area contributed by atoms with Crippen LogP contribution in [-0.4, -0.2) is 42.4 Å². The van der Waals surface area contributed by atoms with Crippen LogP contribution < -0.4 is 4.74 Å². The van der Waals surface area contributed by atoms with Gasteiger partial charge in [-0.15, -0.1) is 0 Å². The van der Waals surface area contributed by atoms with E-state index in [1.54, 1.807) is 6.07 Å². The second-order valence-corrected chi connectivity index (χ2v) is 6.93. The number of β-amino-alcohol motifs (C(OH)–C–C–N with tert-alkyl or cyclic N) is 1. The molecule has 1 heterocycles. The zero-order chi connectivity index (χ0) is 17.6. The monoisotopic (exact) mass is 363 g/mol. The van der Waals surface area contributed by atoms with Crippen LogP contribution in [0.4, 0.5) is 4.39 Å².